The fourth-order valence-electron chi connectivity index (χ4n) is 2.42. The summed E-state index contributed by atoms with van der Waals surface area (Å²) in [5, 5.41) is 5.38. The maximum absolute atomic E-state index is 13.1. The fourth-order valence-corrected chi connectivity index (χ4v) is 2.60. The Morgan fingerprint density at radius 1 is 1.10 bits per heavy atom. The Morgan fingerprint density at radius 3 is 2.43 bits per heavy atom. The second kappa shape index (κ2) is 7.94. The number of nitrogens with zero attached hydrogens (tertiary/aromatic N) is 4. The molecule has 6 nitrogen and oxygen atoms in total. The Morgan fingerprint density at radius 2 is 1.83 bits per heavy atom. The first-order chi connectivity index (χ1) is 13.9. The zero-order chi connectivity index (χ0) is 22.1. The van der Waals surface area contributed by atoms with E-state index in [-0.39, 0.29) is 20.8 Å². The molecule has 0 aliphatic rings. The second-order valence-corrected chi connectivity index (χ2v) is 6.32. The number of benzene rings is 1. The van der Waals surface area contributed by atoms with Crippen molar-refractivity contribution in [3.8, 4) is 0 Å². The summed E-state index contributed by atoms with van der Waals surface area (Å²) in [5.41, 5.74) is 0.326. The lowest BCUT2D eigenvalue weighted by atomic mass is 10.1. The second-order valence-electron chi connectivity index (χ2n) is 5.91. The molecule has 2 aromatic heterocycles. The summed E-state index contributed by atoms with van der Waals surface area (Å²) >= 11 is 5.97. The van der Waals surface area contributed by atoms with Crippen molar-refractivity contribution in [3.05, 3.63) is 70.5 Å². The van der Waals surface area contributed by atoms with Gasteiger partial charge >= 0.3 is 12.4 Å². The standard InChI is InChI=1S/C17H10ClF6N5O/c18-12-4-3-9(13(30)26-11-2-1-5-25-7-11)6-10(12)8-29-15(17(22,23)24)27-14(28-29)16(19,20)21/h1-7H,8H2,(H,26,30). The SMILES string of the molecule is O=C(Nc1cccnc1)c1ccc(Cl)c(Cn2nc(C(F)(F)F)nc2C(F)(F)F)c1. The van der Waals surface area contributed by atoms with E-state index in [1.807, 2.05) is 0 Å². The number of rotatable bonds is 4. The number of carbonyl (C=O) groups is 1. The smallest absolute Gasteiger partial charge is 0.321 e. The minimum Gasteiger partial charge on any atom is -0.321 e. The topological polar surface area (TPSA) is 72.7 Å². The van der Waals surface area contributed by atoms with E-state index in [2.05, 4.69) is 20.4 Å². The van der Waals surface area contributed by atoms with E-state index in [0.717, 1.165) is 6.07 Å². The monoisotopic (exact) mass is 449 g/mol. The molecule has 0 aliphatic carbocycles. The van der Waals surface area contributed by atoms with Crippen LogP contribution in [0.25, 0.3) is 0 Å². The molecule has 158 valence electrons. The van der Waals surface area contributed by atoms with Gasteiger partial charge in [0.25, 0.3) is 11.7 Å². The van der Waals surface area contributed by atoms with Crippen LogP contribution in [0.1, 0.15) is 27.6 Å². The molecule has 0 aliphatic heterocycles. The van der Waals surface area contributed by atoms with Crippen LogP contribution >= 0.6 is 11.6 Å². The molecule has 0 saturated carbocycles. The Hall–Kier alpha value is -3.15. The lowest BCUT2D eigenvalue weighted by Crippen LogP contribution is -2.17. The van der Waals surface area contributed by atoms with E-state index < -0.39 is 36.5 Å². The van der Waals surface area contributed by atoms with Gasteiger partial charge < -0.3 is 5.32 Å². The van der Waals surface area contributed by atoms with E-state index in [4.69, 9.17) is 11.6 Å². The average Bonchev–Trinajstić information content (AvgIpc) is 3.09. The predicted octanol–water partition coefficient (Wildman–Crippen LogP) is 4.66. The number of anilines is 1. The first-order valence-corrected chi connectivity index (χ1v) is 8.42. The number of aromatic nitrogens is 4. The minimum absolute atomic E-state index is 0.0166. The number of hydrogen-bond donors (Lipinski definition) is 1. The molecule has 0 saturated heterocycles. The molecular weight excluding hydrogens is 440 g/mol. The number of alkyl halides is 6. The third-order valence-corrected chi connectivity index (χ3v) is 4.09. The minimum atomic E-state index is -5.18. The Kier molecular flexibility index (Phi) is 5.70. The number of pyridine rings is 1. The van der Waals surface area contributed by atoms with Crippen molar-refractivity contribution < 1.29 is 31.1 Å². The number of amides is 1. The van der Waals surface area contributed by atoms with Crippen LogP contribution in [0.4, 0.5) is 32.0 Å². The van der Waals surface area contributed by atoms with Gasteiger partial charge in [-0.25, -0.2) is 4.68 Å². The summed E-state index contributed by atoms with van der Waals surface area (Å²) in [5.74, 6) is -4.39. The van der Waals surface area contributed by atoms with Crippen LogP contribution in [0.3, 0.4) is 0 Å². The van der Waals surface area contributed by atoms with E-state index in [0.29, 0.717) is 5.69 Å². The normalized spacial score (nSPS) is 12.1. The van der Waals surface area contributed by atoms with E-state index in [9.17, 15) is 31.1 Å². The molecule has 13 heteroatoms. The van der Waals surface area contributed by atoms with Crippen LogP contribution in [0.2, 0.25) is 5.02 Å². The van der Waals surface area contributed by atoms with E-state index >= 15 is 0 Å². The summed E-state index contributed by atoms with van der Waals surface area (Å²) in [4.78, 5) is 18.7. The Balaban J connectivity index is 1.93. The summed E-state index contributed by atoms with van der Waals surface area (Å²) in [6, 6.07) is 6.84. The summed E-state index contributed by atoms with van der Waals surface area (Å²) in [7, 11) is 0. The molecular formula is C17H10ClF6N5O. The van der Waals surface area contributed by atoms with Crippen molar-refractivity contribution in [3.63, 3.8) is 0 Å². The van der Waals surface area contributed by atoms with Gasteiger partial charge in [-0.15, -0.1) is 5.10 Å². The molecule has 0 spiro atoms. The highest BCUT2D eigenvalue weighted by Crippen LogP contribution is 2.33. The maximum Gasteiger partial charge on any atom is 0.453 e. The van der Waals surface area contributed by atoms with Crippen LogP contribution in [0.15, 0.2) is 42.7 Å². The quantitative estimate of drug-likeness (QED) is 0.588. The third kappa shape index (κ3) is 4.87. The summed E-state index contributed by atoms with van der Waals surface area (Å²) in [6.07, 6.45) is -7.49. The Bertz CT molecular complexity index is 1060. The van der Waals surface area contributed by atoms with Gasteiger partial charge in [0.1, 0.15) is 0 Å². The first-order valence-electron chi connectivity index (χ1n) is 8.04. The molecule has 0 fully saturated rings. The Labute approximate surface area is 169 Å². The highest BCUT2D eigenvalue weighted by atomic mass is 35.5. The average molecular weight is 450 g/mol. The highest BCUT2D eigenvalue weighted by Gasteiger charge is 2.44. The van der Waals surface area contributed by atoms with Gasteiger partial charge in [-0.1, -0.05) is 11.6 Å². The number of nitrogens with one attached hydrogen (secondary N) is 1. The molecule has 2 heterocycles. The van der Waals surface area contributed by atoms with Gasteiger partial charge in [-0.2, -0.15) is 31.3 Å². The molecule has 0 unspecified atom stereocenters. The molecule has 1 amide bonds. The molecule has 0 atom stereocenters. The number of halogens is 7. The van der Waals surface area contributed by atoms with Crippen LogP contribution in [0, 0.1) is 0 Å². The highest BCUT2D eigenvalue weighted by molar-refractivity contribution is 6.31. The summed E-state index contributed by atoms with van der Waals surface area (Å²) < 4.78 is 77.7. The molecule has 3 rings (SSSR count). The van der Waals surface area contributed by atoms with Crippen LogP contribution in [-0.4, -0.2) is 25.7 Å². The zero-order valence-electron chi connectivity index (χ0n) is 14.6. The fraction of sp³-hybridized carbons (Fsp3) is 0.176. The molecule has 0 radical (unpaired) electrons. The van der Waals surface area contributed by atoms with Crippen LogP contribution < -0.4 is 5.32 Å². The van der Waals surface area contributed by atoms with Crippen molar-refractivity contribution in [2.75, 3.05) is 5.32 Å². The van der Waals surface area contributed by atoms with Gasteiger partial charge in [0.05, 0.1) is 18.4 Å². The molecule has 3 aromatic rings. The lowest BCUT2D eigenvalue weighted by molar-refractivity contribution is -0.150. The molecule has 0 bridgehead atoms. The van der Waals surface area contributed by atoms with Gasteiger partial charge in [0.15, 0.2) is 0 Å². The van der Waals surface area contributed by atoms with Crippen molar-refractivity contribution in [1.82, 2.24) is 19.7 Å². The molecule has 1 aromatic carbocycles. The predicted molar refractivity (Wildman–Crippen MR) is 92.8 cm³/mol. The molecule has 30 heavy (non-hydrogen) atoms. The van der Waals surface area contributed by atoms with E-state index in [1.54, 1.807) is 12.1 Å². The van der Waals surface area contributed by atoms with Gasteiger partial charge in [-0.05, 0) is 35.9 Å². The van der Waals surface area contributed by atoms with Gasteiger partial charge in [0.2, 0.25) is 5.82 Å². The third-order valence-electron chi connectivity index (χ3n) is 3.73. The van der Waals surface area contributed by atoms with Crippen molar-refractivity contribution in [1.29, 1.82) is 0 Å². The maximum atomic E-state index is 13.1. The molecule has 1 N–H and O–H groups in total. The van der Waals surface area contributed by atoms with Crippen molar-refractivity contribution >= 4 is 23.2 Å². The van der Waals surface area contributed by atoms with E-state index in [1.165, 1.54) is 24.5 Å². The zero-order valence-corrected chi connectivity index (χ0v) is 15.3. The van der Waals surface area contributed by atoms with Gasteiger partial charge in [0, 0.05) is 16.8 Å². The lowest BCUT2D eigenvalue weighted by Gasteiger charge is -2.11. The largest absolute Gasteiger partial charge is 0.453 e. The van der Waals surface area contributed by atoms with Gasteiger partial charge in [-0.3, -0.25) is 9.78 Å². The summed E-state index contributed by atoms with van der Waals surface area (Å²) in [6.45, 7) is -0.787. The van der Waals surface area contributed by atoms with Crippen LogP contribution in [0.5, 0.6) is 0 Å². The van der Waals surface area contributed by atoms with Crippen molar-refractivity contribution in [2.24, 2.45) is 0 Å². The van der Waals surface area contributed by atoms with Crippen LogP contribution in [-0.2, 0) is 18.9 Å². The van der Waals surface area contributed by atoms with Crippen molar-refractivity contribution in [2.45, 2.75) is 18.9 Å². The first kappa shape index (κ1) is 21.6. The number of hydrogen-bond acceptors (Lipinski definition) is 4. The number of carbonyl (C=O) groups excluding carboxylic acids is 1.